The van der Waals surface area contributed by atoms with Crippen molar-refractivity contribution in [2.45, 2.75) is 58.0 Å². The lowest BCUT2D eigenvalue weighted by Crippen LogP contribution is -2.43. The number of nitrogens with zero attached hydrogens (tertiary/aromatic N) is 2. The molecule has 1 N–H and O–H groups in total. The highest BCUT2D eigenvalue weighted by atomic mass is 79.9. The second-order valence-corrected chi connectivity index (χ2v) is 6.79. The Morgan fingerprint density at radius 2 is 2.10 bits per heavy atom. The van der Waals surface area contributed by atoms with Gasteiger partial charge in [0.15, 0.2) is 5.78 Å². The number of hydrogen-bond donors (Lipinski definition) is 1. The lowest BCUT2D eigenvalue weighted by atomic mass is 9.76. The molecule has 1 aliphatic carbocycles. The van der Waals surface area contributed by atoms with Crippen molar-refractivity contribution in [3.05, 3.63) is 15.9 Å². The zero-order valence-corrected chi connectivity index (χ0v) is 14.0. The minimum Gasteiger partial charge on any atom is -0.382 e. The summed E-state index contributed by atoms with van der Waals surface area (Å²) in [5.74, 6) is 0.536. The molecule has 1 heterocycles. The maximum Gasteiger partial charge on any atom is 0.170 e. The number of aromatic nitrogens is 2. The lowest BCUT2D eigenvalue weighted by molar-refractivity contribution is -0.140. The number of aryl methyl sites for hydroxylation is 2. The normalized spacial score (nSPS) is 26.8. The topological polar surface area (TPSA) is 55.1 Å². The highest BCUT2D eigenvalue weighted by molar-refractivity contribution is 9.10. The zero-order chi connectivity index (χ0) is 14.9. The molecule has 0 spiro atoms. The van der Waals surface area contributed by atoms with Gasteiger partial charge in [0, 0.05) is 7.05 Å². The molecule has 1 aromatic rings. The van der Waals surface area contributed by atoms with Crippen molar-refractivity contribution in [1.82, 2.24) is 9.78 Å². The molecule has 0 aromatic carbocycles. The van der Waals surface area contributed by atoms with Crippen LogP contribution in [-0.4, -0.2) is 26.3 Å². The van der Waals surface area contributed by atoms with Crippen molar-refractivity contribution < 1.29 is 9.90 Å². The zero-order valence-electron chi connectivity index (χ0n) is 12.4. The number of rotatable bonds is 4. The Kier molecular flexibility index (Phi) is 4.69. The van der Waals surface area contributed by atoms with Gasteiger partial charge >= 0.3 is 0 Å². The number of Topliss-reactive ketones (excluding diaryl/α,β-unsaturated/α-hetero) is 1. The van der Waals surface area contributed by atoms with Crippen molar-refractivity contribution in [2.75, 3.05) is 0 Å². The van der Waals surface area contributed by atoms with Crippen LogP contribution < -0.4 is 0 Å². The summed E-state index contributed by atoms with van der Waals surface area (Å²) in [6, 6.07) is 0. The maximum absolute atomic E-state index is 12.5. The van der Waals surface area contributed by atoms with Crippen molar-refractivity contribution in [3.63, 3.8) is 0 Å². The summed E-state index contributed by atoms with van der Waals surface area (Å²) >= 11 is 3.52. The first-order valence-corrected chi connectivity index (χ1v) is 8.12. The molecule has 0 amide bonds. The van der Waals surface area contributed by atoms with E-state index in [1.165, 1.54) is 0 Å². The fraction of sp³-hybridized carbons (Fsp3) is 0.733. The Labute approximate surface area is 128 Å². The van der Waals surface area contributed by atoms with Crippen LogP contribution in [-0.2, 0) is 24.7 Å². The fourth-order valence-electron chi connectivity index (χ4n) is 2.85. The molecule has 2 rings (SSSR count). The third-order valence-corrected chi connectivity index (χ3v) is 5.37. The largest absolute Gasteiger partial charge is 0.382 e. The van der Waals surface area contributed by atoms with E-state index in [-0.39, 0.29) is 12.2 Å². The predicted molar refractivity (Wildman–Crippen MR) is 81.6 cm³/mol. The molecular weight excluding hydrogens is 320 g/mol. The average Bonchev–Trinajstić information content (AvgIpc) is 2.69. The first-order valence-electron chi connectivity index (χ1n) is 7.33. The van der Waals surface area contributed by atoms with Gasteiger partial charge in [0.05, 0.1) is 22.3 Å². The van der Waals surface area contributed by atoms with Gasteiger partial charge in [0.2, 0.25) is 0 Å². The molecule has 5 heteroatoms. The molecule has 1 aromatic heterocycles. The quantitative estimate of drug-likeness (QED) is 0.915. The van der Waals surface area contributed by atoms with Crippen LogP contribution in [0.25, 0.3) is 0 Å². The summed E-state index contributed by atoms with van der Waals surface area (Å²) in [4.78, 5) is 12.5. The van der Waals surface area contributed by atoms with E-state index in [4.69, 9.17) is 0 Å². The van der Waals surface area contributed by atoms with Crippen molar-refractivity contribution in [1.29, 1.82) is 0 Å². The van der Waals surface area contributed by atoms with Gasteiger partial charge in [0.25, 0.3) is 0 Å². The van der Waals surface area contributed by atoms with Crippen molar-refractivity contribution in [2.24, 2.45) is 13.0 Å². The van der Waals surface area contributed by atoms with E-state index < -0.39 is 5.60 Å². The number of carbonyl (C=O) groups excluding carboxylic acids is 1. The average molecular weight is 343 g/mol. The van der Waals surface area contributed by atoms with Gasteiger partial charge in [-0.3, -0.25) is 9.48 Å². The van der Waals surface area contributed by atoms with Gasteiger partial charge in [-0.15, -0.1) is 0 Å². The third kappa shape index (κ3) is 2.98. The summed E-state index contributed by atoms with van der Waals surface area (Å²) in [5.41, 5.74) is 0.682. The van der Waals surface area contributed by atoms with Gasteiger partial charge in [-0.25, -0.2) is 0 Å². The number of ketones is 1. The van der Waals surface area contributed by atoms with Crippen molar-refractivity contribution in [3.8, 4) is 0 Å². The summed E-state index contributed by atoms with van der Waals surface area (Å²) in [6.07, 6.45) is 4.09. The van der Waals surface area contributed by atoms with Crippen LogP contribution in [0.5, 0.6) is 0 Å². The Bertz CT molecular complexity index is 502. The molecule has 1 fully saturated rings. The van der Waals surface area contributed by atoms with Crippen LogP contribution in [0.3, 0.4) is 0 Å². The van der Waals surface area contributed by atoms with Gasteiger partial charge in [-0.2, -0.15) is 5.10 Å². The maximum atomic E-state index is 12.5. The van der Waals surface area contributed by atoms with Crippen molar-refractivity contribution >= 4 is 21.7 Å². The van der Waals surface area contributed by atoms with E-state index in [2.05, 4.69) is 28.0 Å². The highest BCUT2D eigenvalue weighted by Crippen LogP contribution is 2.34. The first kappa shape index (κ1) is 15.7. The van der Waals surface area contributed by atoms with Crippen LogP contribution in [0, 0.1) is 5.92 Å². The van der Waals surface area contributed by atoms with E-state index in [0.29, 0.717) is 18.8 Å². The number of halogens is 1. The standard InChI is InChI=1S/C15H23BrN2O2/c1-4-11-14(16)12(18(3)17-11)9-13(19)15(20)7-5-10(2)6-8-15/h10,20H,4-9H2,1-3H3. The monoisotopic (exact) mass is 342 g/mol. The minimum absolute atomic E-state index is 0.0734. The van der Waals surface area contributed by atoms with Gasteiger partial charge in [-0.1, -0.05) is 13.8 Å². The van der Waals surface area contributed by atoms with Crippen LogP contribution >= 0.6 is 15.9 Å². The second-order valence-electron chi connectivity index (χ2n) is 6.00. The van der Waals surface area contributed by atoms with Gasteiger partial charge in [-0.05, 0) is 54.0 Å². The highest BCUT2D eigenvalue weighted by Gasteiger charge is 2.39. The molecule has 1 saturated carbocycles. The molecule has 4 nitrogen and oxygen atoms in total. The molecule has 0 atom stereocenters. The van der Waals surface area contributed by atoms with Gasteiger partial charge in [0.1, 0.15) is 5.60 Å². The third-order valence-electron chi connectivity index (χ3n) is 4.45. The SMILES string of the molecule is CCc1nn(C)c(CC(=O)C2(O)CCC(C)CC2)c1Br. The molecule has 112 valence electrons. The summed E-state index contributed by atoms with van der Waals surface area (Å²) in [7, 11) is 1.85. The lowest BCUT2D eigenvalue weighted by Gasteiger charge is -2.33. The summed E-state index contributed by atoms with van der Waals surface area (Å²) in [6.45, 7) is 4.21. The van der Waals surface area contributed by atoms with E-state index in [1.54, 1.807) is 4.68 Å². The molecule has 0 aliphatic heterocycles. The van der Waals surface area contributed by atoms with Crippen LogP contribution in [0.4, 0.5) is 0 Å². The van der Waals surface area contributed by atoms with Crippen LogP contribution in [0.2, 0.25) is 0 Å². The molecule has 0 saturated heterocycles. The Balaban J connectivity index is 2.14. The first-order chi connectivity index (χ1) is 9.37. The number of carbonyl (C=O) groups is 1. The summed E-state index contributed by atoms with van der Waals surface area (Å²) < 4.78 is 2.65. The Hall–Kier alpha value is -0.680. The molecule has 1 aliphatic rings. The molecule has 20 heavy (non-hydrogen) atoms. The van der Waals surface area contributed by atoms with E-state index in [1.807, 2.05) is 14.0 Å². The molecule has 0 unspecified atom stereocenters. The number of aliphatic hydroxyl groups is 1. The molecular formula is C15H23BrN2O2. The fourth-order valence-corrected chi connectivity index (χ4v) is 3.60. The predicted octanol–water partition coefficient (Wildman–Crippen LogP) is 2.80. The van der Waals surface area contributed by atoms with E-state index in [9.17, 15) is 9.90 Å². The minimum atomic E-state index is -1.14. The Morgan fingerprint density at radius 1 is 1.50 bits per heavy atom. The molecule has 0 radical (unpaired) electrons. The van der Waals surface area contributed by atoms with Gasteiger partial charge < -0.3 is 5.11 Å². The summed E-state index contributed by atoms with van der Waals surface area (Å²) in [5, 5.41) is 15.0. The molecule has 0 bridgehead atoms. The van der Waals surface area contributed by atoms with E-state index in [0.717, 1.165) is 35.1 Å². The smallest absolute Gasteiger partial charge is 0.170 e. The van der Waals surface area contributed by atoms with Crippen LogP contribution in [0.15, 0.2) is 4.47 Å². The second kappa shape index (κ2) is 5.98. The van der Waals surface area contributed by atoms with Crippen LogP contribution in [0.1, 0.15) is 50.9 Å². The Morgan fingerprint density at radius 3 is 2.60 bits per heavy atom. The number of hydrogen-bond acceptors (Lipinski definition) is 3. The van der Waals surface area contributed by atoms with E-state index >= 15 is 0 Å².